The molecule has 4 heterocycles. The summed E-state index contributed by atoms with van der Waals surface area (Å²) in [4.78, 5) is 17.3. The molecule has 4 rings (SSSR count). The van der Waals surface area contributed by atoms with Crippen LogP contribution in [0.4, 0.5) is 5.82 Å². The van der Waals surface area contributed by atoms with E-state index in [0.717, 1.165) is 51.4 Å². The van der Waals surface area contributed by atoms with E-state index in [1.165, 1.54) is 0 Å². The van der Waals surface area contributed by atoms with Gasteiger partial charge in [0, 0.05) is 39.2 Å². The number of nitrogens with two attached hydrogens (primary N) is 1. The van der Waals surface area contributed by atoms with E-state index in [1.54, 1.807) is 13.4 Å². The number of aromatic amines is 1. The van der Waals surface area contributed by atoms with Gasteiger partial charge in [0.1, 0.15) is 11.2 Å². The summed E-state index contributed by atoms with van der Waals surface area (Å²) in [5.41, 5.74) is 11.5. The summed E-state index contributed by atoms with van der Waals surface area (Å²) >= 11 is 0. The van der Waals surface area contributed by atoms with Crippen molar-refractivity contribution in [3.63, 3.8) is 0 Å². The van der Waals surface area contributed by atoms with E-state index < -0.39 is 0 Å². The molecular formula is C19H23N7O. The second-order valence-electron chi connectivity index (χ2n) is 6.54. The Labute approximate surface area is 156 Å². The van der Waals surface area contributed by atoms with E-state index in [9.17, 15) is 0 Å². The highest BCUT2D eigenvalue weighted by Crippen LogP contribution is 2.31. The minimum absolute atomic E-state index is 0.160. The van der Waals surface area contributed by atoms with Crippen molar-refractivity contribution in [3.8, 4) is 11.4 Å². The highest BCUT2D eigenvalue weighted by atomic mass is 16.5. The number of aromatic nitrogens is 5. The summed E-state index contributed by atoms with van der Waals surface area (Å²) in [5.74, 6) is 0.745. The largest absolute Gasteiger partial charge is 0.385 e. The number of methoxy groups -OCH3 is 1. The van der Waals surface area contributed by atoms with Crippen LogP contribution in [0.15, 0.2) is 30.6 Å². The molecule has 0 saturated carbocycles. The van der Waals surface area contributed by atoms with Crippen LogP contribution in [0.1, 0.15) is 18.2 Å². The molecule has 8 nitrogen and oxygen atoms in total. The van der Waals surface area contributed by atoms with Crippen molar-refractivity contribution in [3.05, 3.63) is 36.3 Å². The number of nitrogens with one attached hydrogen (secondary N) is 2. The molecule has 0 aromatic carbocycles. The molecule has 0 bridgehead atoms. The first kappa shape index (κ1) is 17.4. The highest BCUT2D eigenvalue weighted by molar-refractivity contribution is 6.07. The molecule has 0 fully saturated rings. The van der Waals surface area contributed by atoms with Crippen molar-refractivity contribution in [1.82, 2.24) is 24.5 Å². The summed E-state index contributed by atoms with van der Waals surface area (Å²) in [6, 6.07) is 7.80. The Hall–Kier alpha value is -2.97. The van der Waals surface area contributed by atoms with Crippen LogP contribution in [0.2, 0.25) is 0 Å². The molecule has 0 aliphatic heterocycles. The lowest BCUT2D eigenvalue weighted by molar-refractivity contribution is 0.187. The monoisotopic (exact) mass is 365 g/mol. The normalized spacial score (nSPS) is 12.7. The van der Waals surface area contributed by atoms with E-state index in [4.69, 9.17) is 15.5 Å². The van der Waals surface area contributed by atoms with Crippen molar-refractivity contribution in [2.75, 3.05) is 26.1 Å². The second-order valence-corrected chi connectivity index (χ2v) is 6.54. The van der Waals surface area contributed by atoms with Gasteiger partial charge in [0.05, 0.1) is 28.9 Å². The lowest BCUT2D eigenvalue weighted by Crippen LogP contribution is -2.14. The summed E-state index contributed by atoms with van der Waals surface area (Å²) in [6.07, 6.45) is 2.52. The fourth-order valence-electron chi connectivity index (χ4n) is 3.31. The number of ether oxygens (including phenoxy) is 1. The maximum Gasteiger partial charge on any atom is 0.156 e. The molecule has 0 radical (unpaired) electrons. The Morgan fingerprint density at radius 3 is 2.96 bits per heavy atom. The van der Waals surface area contributed by atoms with Gasteiger partial charge in [-0.25, -0.2) is 15.0 Å². The van der Waals surface area contributed by atoms with Crippen LogP contribution in [0.5, 0.6) is 0 Å². The van der Waals surface area contributed by atoms with E-state index in [0.29, 0.717) is 6.61 Å². The standard InChI is InChI=1S/C19H23N7O/c1-21-19-16-17(26(2)10-22-16)11-9-15(24-18(11)25-19)14-6-4-5-13(23-14)12(20)7-8-27-3/h4-6,9-10,12H,7-8,20H2,1-3H3,(H2,21,24,25)/t12-/m0/s1. The average molecular weight is 365 g/mol. The van der Waals surface area contributed by atoms with Gasteiger partial charge >= 0.3 is 0 Å². The third-order valence-electron chi connectivity index (χ3n) is 4.73. The van der Waals surface area contributed by atoms with Crippen molar-refractivity contribution in [2.45, 2.75) is 12.5 Å². The van der Waals surface area contributed by atoms with Gasteiger partial charge in [0.2, 0.25) is 0 Å². The fraction of sp³-hybridized carbons (Fsp3) is 0.316. The molecule has 4 aromatic rings. The summed E-state index contributed by atoms with van der Waals surface area (Å²) in [6.45, 7) is 0.606. The first-order valence-electron chi connectivity index (χ1n) is 8.85. The first-order valence-corrected chi connectivity index (χ1v) is 8.85. The predicted octanol–water partition coefficient (Wildman–Crippen LogP) is 2.59. The SMILES string of the molecule is CNc1nc2[nH]c(-c3cccc([C@@H](N)CCOC)n3)cc2c2c1ncn2C. The zero-order valence-corrected chi connectivity index (χ0v) is 15.7. The molecular weight excluding hydrogens is 342 g/mol. The molecule has 0 spiro atoms. The summed E-state index contributed by atoms with van der Waals surface area (Å²) in [7, 11) is 5.50. The third kappa shape index (κ3) is 3.02. The minimum Gasteiger partial charge on any atom is -0.385 e. The van der Waals surface area contributed by atoms with E-state index in [-0.39, 0.29) is 6.04 Å². The van der Waals surface area contributed by atoms with Gasteiger partial charge in [0.15, 0.2) is 5.82 Å². The molecule has 140 valence electrons. The van der Waals surface area contributed by atoms with E-state index in [2.05, 4.69) is 26.3 Å². The Balaban J connectivity index is 1.81. The van der Waals surface area contributed by atoms with Crippen LogP contribution in [-0.4, -0.2) is 45.3 Å². The molecule has 0 amide bonds. The summed E-state index contributed by atoms with van der Waals surface area (Å²) in [5, 5.41) is 4.13. The predicted molar refractivity (Wildman–Crippen MR) is 107 cm³/mol. The first-order chi connectivity index (χ1) is 13.1. The van der Waals surface area contributed by atoms with Gasteiger partial charge in [-0.2, -0.15) is 0 Å². The van der Waals surface area contributed by atoms with Crippen molar-refractivity contribution in [2.24, 2.45) is 12.8 Å². The molecule has 0 aliphatic carbocycles. The van der Waals surface area contributed by atoms with Crippen LogP contribution in [0.25, 0.3) is 33.5 Å². The molecule has 27 heavy (non-hydrogen) atoms. The molecule has 0 saturated heterocycles. The number of pyridine rings is 2. The zero-order chi connectivity index (χ0) is 19.0. The molecule has 1 atom stereocenters. The zero-order valence-electron chi connectivity index (χ0n) is 15.7. The van der Waals surface area contributed by atoms with Crippen LogP contribution in [-0.2, 0) is 11.8 Å². The topological polar surface area (TPSA) is 107 Å². The number of H-pyrrole nitrogens is 1. The quantitative estimate of drug-likeness (QED) is 0.485. The highest BCUT2D eigenvalue weighted by Gasteiger charge is 2.16. The van der Waals surface area contributed by atoms with Gasteiger partial charge < -0.3 is 25.3 Å². The molecule has 0 aliphatic rings. The number of imidazole rings is 1. The Kier molecular flexibility index (Phi) is 4.51. The Bertz CT molecular complexity index is 1100. The van der Waals surface area contributed by atoms with Crippen molar-refractivity contribution < 1.29 is 4.74 Å². The van der Waals surface area contributed by atoms with Crippen molar-refractivity contribution >= 4 is 27.9 Å². The van der Waals surface area contributed by atoms with Gasteiger partial charge in [-0.1, -0.05) is 6.07 Å². The van der Waals surface area contributed by atoms with Crippen LogP contribution in [0.3, 0.4) is 0 Å². The minimum atomic E-state index is -0.160. The number of rotatable bonds is 6. The summed E-state index contributed by atoms with van der Waals surface area (Å²) < 4.78 is 7.12. The maximum absolute atomic E-state index is 6.24. The van der Waals surface area contributed by atoms with Crippen molar-refractivity contribution in [1.29, 1.82) is 0 Å². The van der Waals surface area contributed by atoms with Gasteiger partial charge in [-0.15, -0.1) is 0 Å². The number of fused-ring (bicyclic) bond motifs is 3. The molecule has 0 unspecified atom stereocenters. The van der Waals surface area contributed by atoms with E-state index in [1.807, 2.05) is 36.9 Å². The number of hydrogen-bond donors (Lipinski definition) is 3. The van der Waals surface area contributed by atoms with Crippen LogP contribution < -0.4 is 11.1 Å². The van der Waals surface area contributed by atoms with Gasteiger partial charge in [0.25, 0.3) is 0 Å². The molecule has 8 heteroatoms. The van der Waals surface area contributed by atoms with E-state index >= 15 is 0 Å². The number of anilines is 1. The number of hydrogen-bond acceptors (Lipinski definition) is 6. The lowest BCUT2D eigenvalue weighted by atomic mass is 10.1. The van der Waals surface area contributed by atoms with Crippen LogP contribution in [0, 0.1) is 0 Å². The molecule has 4 aromatic heterocycles. The van der Waals surface area contributed by atoms with Gasteiger partial charge in [-0.05, 0) is 24.6 Å². The van der Waals surface area contributed by atoms with Crippen LogP contribution >= 0.6 is 0 Å². The average Bonchev–Trinajstić information content (AvgIpc) is 3.29. The maximum atomic E-state index is 6.24. The Morgan fingerprint density at radius 1 is 1.33 bits per heavy atom. The second kappa shape index (κ2) is 6.98. The molecule has 4 N–H and O–H groups in total. The third-order valence-corrected chi connectivity index (χ3v) is 4.73. The Morgan fingerprint density at radius 2 is 2.19 bits per heavy atom. The van der Waals surface area contributed by atoms with Gasteiger partial charge in [-0.3, -0.25) is 0 Å². The number of nitrogens with zero attached hydrogens (tertiary/aromatic N) is 4. The smallest absolute Gasteiger partial charge is 0.156 e. The fourth-order valence-corrected chi connectivity index (χ4v) is 3.31. The lowest BCUT2D eigenvalue weighted by Gasteiger charge is -2.11. The number of aryl methyl sites for hydroxylation is 1.